The highest BCUT2D eigenvalue weighted by Gasteiger charge is 2.16. The summed E-state index contributed by atoms with van der Waals surface area (Å²) < 4.78 is 1.79. The van der Waals surface area contributed by atoms with Crippen LogP contribution in [0, 0.1) is 0 Å². The number of hydrogen-bond acceptors (Lipinski definition) is 2. The molecule has 96 valence electrons. The molecule has 1 aromatic heterocycles. The summed E-state index contributed by atoms with van der Waals surface area (Å²) >= 11 is 0. The van der Waals surface area contributed by atoms with Crippen molar-refractivity contribution in [2.24, 2.45) is 7.05 Å². The molecule has 0 saturated heterocycles. The van der Waals surface area contributed by atoms with Gasteiger partial charge < -0.3 is 5.73 Å². The molecule has 0 aliphatic heterocycles. The van der Waals surface area contributed by atoms with Crippen molar-refractivity contribution >= 4 is 5.82 Å². The normalized spacial score (nSPS) is 11.1. The number of benzene rings is 1. The minimum Gasteiger partial charge on any atom is -0.384 e. The van der Waals surface area contributed by atoms with Crippen LogP contribution in [0.4, 0.5) is 5.82 Å². The molecule has 18 heavy (non-hydrogen) atoms. The molecule has 0 bridgehead atoms. The molecule has 2 rings (SSSR count). The van der Waals surface area contributed by atoms with Crippen LogP contribution in [0.5, 0.6) is 0 Å². The fraction of sp³-hybridized carbons (Fsp3) is 0.400. The van der Waals surface area contributed by atoms with Gasteiger partial charge in [0.1, 0.15) is 5.82 Å². The van der Waals surface area contributed by atoms with Crippen molar-refractivity contribution in [3.63, 3.8) is 0 Å². The van der Waals surface area contributed by atoms with Crippen LogP contribution in [0.15, 0.2) is 30.3 Å². The number of nitrogens with two attached hydrogens (primary N) is 1. The minimum atomic E-state index is 0.421. The number of rotatable bonds is 4. The zero-order valence-electron chi connectivity index (χ0n) is 11.4. The Bertz CT molecular complexity index is 512. The monoisotopic (exact) mass is 243 g/mol. The molecule has 0 fully saturated rings. The number of aryl methyl sites for hydroxylation is 3. The predicted molar refractivity (Wildman–Crippen MR) is 75.6 cm³/mol. The van der Waals surface area contributed by atoms with E-state index in [0.29, 0.717) is 5.92 Å². The largest absolute Gasteiger partial charge is 0.384 e. The topological polar surface area (TPSA) is 43.8 Å². The summed E-state index contributed by atoms with van der Waals surface area (Å²) in [6, 6.07) is 10.5. The van der Waals surface area contributed by atoms with Crippen LogP contribution < -0.4 is 5.73 Å². The Morgan fingerprint density at radius 2 is 1.83 bits per heavy atom. The van der Waals surface area contributed by atoms with Gasteiger partial charge in [0, 0.05) is 12.6 Å². The van der Waals surface area contributed by atoms with Crippen molar-refractivity contribution in [1.82, 2.24) is 9.78 Å². The summed E-state index contributed by atoms with van der Waals surface area (Å²) in [5, 5.41) is 4.54. The molecule has 0 atom stereocenters. The second-order valence-electron chi connectivity index (χ2n) is 5.01. The SMILES string of the molecule is CC(C)c1c(CCc2ccccc2)nn(C)c1N. The van der Waals surface area contributed by atoms with Gasteiger partial charge in [0.15, 0.2) is 0 Å². The van der Waals surface area contributed by atoms with Gasteiger partial charge in [0.25, 0.3) is 0 Å². The fourth-order valence-electron chi connectivity index (χ4n) is 2.33. The van der Waals surface area contributed by atoms with E-state index in [1.165, 1.54) is 11.1 Å². The van der Waals surface area contributed by atoms with E-state index in [1.54, 1.807) is 4.68 Å². The first-order valence-electron chi connectivity index (χ1n) is 6.44. The van der Waals surface area contributed by atoms with E-state index in [4.69, 9.17) is 5.73 Å². The van der Waals surface area contributed by atoms with Gasteiger partial charge in [-0.05, 0) is 24.3 Å². The Morgan fingerprint density at radius 1 is 1.17 bits per heavy atom. The van der Waals surface area contributed by atoms with E-state index in [1.807, 2.05) is 13.1 Å². The molecular weight excluding hydrogens is 222 g/mol. The maximum Gasteiger partial charge on any atom is 0.125 e. The molecule has 0 saturated carbocycles. The minimum absolute atomic E-state index is 0.421. The third kappa shape index (κ3) is 2.55. The van der Waals surface area contributed by atoms with Crippen LogP contribution in [0.2, 0.25) is 0 Å². The summed E-state index contributed by atoms with van der Waals surface area (Å²) in [6.45, 7) is 4.33. The summed E-state index contributed by atoms with van der Waals surface area (Å²) in [5.74, 6) is 1.22. The lowest BCUT2D eigenvalue weighted by Crippen LogP contribution is -2.00. The summed E-state index contributed by atoms with van der Waals surface area (Å²) in [7, 11) is 1.91. The summed E-state index contributed by atoms with van der Waals surface area (Å²) in [5.41, 5.74) is 9.75. The summed E-state index contributed by atoms with van der Waals surface area (Å²) in [6.07, 6.45) is 1.96. The lowest BCUT2D eigenvalue weighted by Gasteiger charge is -2.07. The third-order valence-corrected chi connectivity index (χ3v) is 3.28. The second kappa shape index (κ2) is 5.25. The summed E-state index contributed by atoms with van der Waals surface area (Å²) in [4.78, 5) is 0. The quantitative estimate of drug-likeness (QED) is 0.897. The molecule has 0 aliphatic carbocycles. The maximum absolute atomic E-state index is 6.07. The van der Waals surface area contributed by atoms with Crippen molar-refractivity contribution in [2.75, 3.05) is 5.73 Å². The van der Waals surface area contributed by atoms with Gasteiger partial charge in [-0.25, -0.2) is 0 Å². The van der Waals surface area contributed by atoms with Crippen molar-refractivity contribution in [3.05, 3.63) is 47.2 Å². The highest BCUT2D eigenvalue weighted by molar-refractivity contribution is 5.45. The lowest BCUT2D eigenvalue weighted by atomic mass is 9.99. The van der Waals surface area contributed by atoms with Gasteiger partial charge in [-0.2, -0.15) is 5.10 Å². The standard InChI is InChI=1S/C15H21N3/c1-11(2)14-13(17-18(3)15(14)16)10-9-12-7-5-4-6-8-12/h4-8,11H,9-10,16H2,1-3H3. The fourth-order valence-corrected chi connectivity index (χ4v) is 2.33. The molecular formula is C15H21N3. The van der Waals surface area contributed by atoms with E-state index in [0.717, 1.165) is 24.4 Å². The third-order valence-electron chi connectivity index (χ3n) is 3.28. The van der Waals surface area contributed by atoms with Crippen molar-refractivity contribution in [1.29, 1.82) is 0 Å². The molecule has 0 aliphatic rings. The highest BCUT2D eigenvalue weighted by atomic mass is 15.3. The number of aromatic nitrogens is 2. The zero-order valence-corrected chi connectivity index (χ0v) is 11.4. The Morgan fingerprint density at radius 3 is 2.44 bits per heavy atom. The molecule has 0 amide bonds. The van der Waals surface area contributed by atoms with Crippen LogP contribution in [0.25, 0.3) is 0 Å². The molecule has 0 spiro atoms. The van der Waals surface area contributed by atoms with E-state index < -0.39 is 0 Å². The number of anilines is 1. The van der Waals surface area contributed by atoms with E-state index in [2.05, 4.69) is 43.2 Å². The Labute approximate surface area is 109 Å². The van der Waals surface area contributed by atoms with E-state index in [9.17, 15) is 0 Å². The van der Waals surface area contributed by atoms with Crippen LogP contribution in [0.3, 0.4) is 0 Å². The Balaban J connectivity index is 2.17. The van der Waals surface area contributed by atoms with Crippen molar-refractivity contribution in [3.8, 4) is 0 Å². The van der Waals surface area contributed by atoms with Crippen molar-refractivity contribution < 1.29 is 0 Å². The molecule has 2 aromatic rings. The van der Waals surface area contributed by atoms with Gasteiger partial charge in [-0.3, -0.25) is 4.68 Å². The molecule has 0 radical (unpaired) electrons. The molecule has 2 N–H and O–H groups in total. The van der Waals surface area contributed by atoms with Gasteiger partial charge in [0.05, 0.1) is 5.69 Å². The van der Waals surface area contributed by atoms with Crippen LogP contribution in [-0.4, -0.2) is 9.78 Å². The van der Waals surface area contributed by atoms with E-state index >= 15 is 0 Å². The molecule has 0 unspecified atom stereocenters. The van der Waals surface area contributed by atoms with Gasteiger partial charge in [0.2, 0.25) is 0 Å². The zero-order chi connectivity index (χ0) is 13.1. The molecule has 3 heteroatoms. The van der Waals surface area contributed by atoms with Gasteiger partial charge in [-0.1, -0.05) is 44.2 Å². The molecule has 1 heterocycles. The van der Waals surface area contributed by atoms with Crippen LogP contribution >= 0.6 is 0 Å². The number of hydrogen-bond donors (Lipinski definition) is 1. The average Bonchev–Trinajstić information content (AvgIpc) is 2.64. The highest BCUT2D eigenvalue weighted by Crippen LogP contribution is 2.26. The number of nitrogen functional groups attached to an aromatic ring is 1. The Hall–Kier alpha value is -1.77. The molecule has 1 aromatic carbocycles. The average molecular weight is 243 g/mol. The Kier molecular flexibility index (Phi) is 3.70. The smallest absolute Gasteiger partial charge is 0.125 e. The first kappa shape index (κ1) is 12.7. The maximum atomic E-state index is 6.07. The predicted octanol–water partition coefficient (Wildman–Crippen LogP) is 2.91. The van der Waals surface area contributed by atoms with Crippen LogP contribution in [-0.2, 0) is 19.9 Å². The second-order valence-corrected chi connectivity index (χ2v) is 5.01. The van der Waals surface area contributed by atoms with Crippen LogP contribution in [0.1, 0.15) is 36.6 Å². The lowest BCUT2D eigenvalue weighted by molar-refractivity contribution is 0.744. The van der Waals surface area contributed by atoms with E-state index in [-0.39, 0.29) is 0 Å². The van der Waals surface area contributed by atoms with Gasteiger partial charge >= 0.3 is 0 Å². The van der Waals surface area contributed by atoms with Crippen molar-refractivity contribution in [2.45, 2.75) is 32.6 Å². The number of nitrogens with zero attached hydrogens (tertiary/aromatic N) is 2. The first-order chi connectivity index (χ1) is 8.59. The van der Waals surface area contributed by atoms with Gasteiger partial charge in [-0.15, -0.1) is 0 Å². The first-order valence-corrected chi connectivity index (χ1v) is 6.44. The molecule has 3 nitrogen and oxygen atoms in total.